The number of amides is 1. The van der Waals surface area contributed by atoms with Crippen molar-refractivity contribution in [3.05, 3.63) is 0 Å². The third kappa shape index (κ3) is 4.46. The number of carbonyl (C=O) groups excluding carboxylic acids is 1. The van der Waals surface area contributed by atoms with E-state index in [-0.39, 0.29) is 11.5 Å². The number of hydrogen-bond acceptors (Lipinski definition) is 3. The number of nitrogens with one attached hydrogen (secondary N) is 2. The number of ether oxygens (including phenoxy) is 1. The highest BCUT2D eigenvalue weighted by Crippen LogP contribution is 2.25. The number of hydrogen-bond donors (Lipinski definition) is 2. The van der Waals surface area contributed by atoms with Gasteiger partial charge in [-0.25, -0.2) is 0 Å². The van der Waals surface area contributed by atoms with Crippen LogP contribution in [0, 0.1) is 11.8 Å². The van der Waals surface area contributed by atoms with Crippen LogP contribution in [-0.4, -0.2) is 37.7 Å². The van der Waals surface area contributed by atoms with Gasteiger partial charge < -0.3 is 15.4 Å². The topological polar surface area (TPSA) is 50.4 Å². The number of piperidine rings is 1. The summed E-state index contributed by atoms with van der Waals surface area (Å²) in [5.74, 6) is 1.37. The maximum atomic E-state index is 12.0. The van der Waals surface area contributed by atoms with E-state index >= 15 is 0 Å². The zero-order valence-electron chi connectivity index (χ0n) is 12.3. The van der Waals surface area contributed by atoms with Crippen LogP contribution in [0.5, 0.6) is 0 Å². The minimum Gasteiger partial charge on any atom is -0.373 e. The van der Waals surface area contributed by atoms with E-state index in [4.69, 9.17) is 4.74 Å². The van der Waals surface area contributed by atoms with E-state index in [1.165, 1.54) is 12.8 Å². The van der Waals surface area contributed by atoms with Crippen LogP contribution < -0.4 is 10.6 Å². The largest absolute Gasteiger partial charge is 0.373 e. The molecule has 0 aromatic rings. The molecule has 0 aliphatic carbocycles. The molecule has 2 aliphatic heterocycles. The fourth-order valence-electron chi connectivity index (χ4n) is 3.21. The molecule has 4 heteroatoms. The zero-order valence-corrected chi connectivity index (χ0v) is 12.3. The van der Waals surface area contributed by atoms with Gasteiger partial charge in [0.1, 0.15) is 0 Å². The maximum Gasteiger partial charge on any atom is 0.220 e. The molecule has 0 spiro atoms. The second kappa shape index (κ2) is 6.71. The van der Waals surface area contributed by atoms with E-state index in [1.807, 2.05) is 0 Å². The molecule has 2 atom stereocenters. The Labute approximate surface area is 116 Å². The van der Waals surface area contributed by atoms with Crippen molar-refractivity contribution in [2.45, 2.75) is 51.6 Å². The van der Waals surface area contributed by atoms with Gasteiger partial charge in [-0.15, -0.1) is 0 Å². The highest BCUT2D eigenvalue weighted by Gasteiger charge is 2.30. The molecule has 2 fully saturated rings. The van der Waals surface area contributed by atoms with E-state index in [0.29, 0.717) is 24.8 Å². The van der Waals surface area contributed by atoms with E-state index in [2.05, 4.69) is 24.5 Å². The lowest BCUT2D eigenvalue weighted by atomic mass is 9.84. The molecule has 0 aromatic carbocycles. The monoisotopic (exact) mass is 268 g/mol. The van der Waals surface area contributed by atoms with Gasteiger partial charge in [0, 0.05) is 19.6 Å². The third-order valence-corrected chi connectivity index (χ3v) is 4.66. The van der Waals surface area contributed by atoms with Gasteiger partial charge in [-0.2, -0.15) is 0 Å². The third-order valence-electron chi connectivity index (χ3n) is 4.66. The maximum absolute atomic E-state index is 12.0. The van der Waals surface area contributed by atoms with Crippen LogP contribution in [0.25, 0.3) is 0 Å². The predicted octanol–water partition coefficient (Wildman–Crippen LogP) is 1.70. The van der Waals surface area contributed by atoms with Crippen LogP contribution in [0.3, 0.4) is 0 Å². The summed E-state index contributed by atoms with van der Waals surface area (Å²) in [6.45, 7) is 7.99. The van der Waals surface area contributed by atoms with Crippen LogP contribution in [0.2, 0.25) is 0 Å². The molecule has 0 bridgehead atoms. The second-order valence-corrected chi connectivity index (χ2v) is 6.45. The fourth-order valence-corrected chi connectivity index (χ4v) is 3.21. The van der Waals surface area contributed by atoms with Crippen LogP contribution in [0.1, 0.15) is 46.0 Å². The normalized spacial score (nSPS) is 30.2. The van der Waals surface area contributed by atoms with Crippen LogP contribution in [-0.2, 0) is 9.53 Å². The zero-order chi connectivity index (χ0) is 13.7. The molecular weight excluding hydrogens is 240 g/mol. The summed E-state index contributed by atoms with van der Waals surface area (Å²) in [7, 11) is 0. The SMILES string of the molecule is CC(CC(=O)NCC1(C)CCCO1)C1CCNCC1. The first kappa shape index (κ1) is 14.8. The van der Waals surface area contributed by atoms with Crippen molar-refractivity contribution in [3.63, 3.8) is 0 Å². The van der Waals surface area contributed by atoms with Crippen molar-refractivity contribution in [2.75, 3.05) is 26.2 Å². The van der Waals surface area contributed by atoms with E-state index in [0.717, 1.165) is 32.5 Å². The molecule has 2 unspecified atom stereocenters. The molecule has 0 radical (unpaired) electrons. The highest BCUT2D eigenvalue weighted by atomic mass is 16.5. The van der Waals surface area contributed by atoms with Crippen LogP contribution in [0.15, 0.2) is 0 Å². The lowest BCUT2D eigenvalue weighted by Gasteiger charge is -2.28. The summed E-state index contributed by atoms with van der Waals surface area (Å²) >= 11 is 0. The second-order valence-electron chi connectivity index (χ2n) is 6.45. The summed E-state index contributed by atoms with van der Waals surface area (Å²) in [5.41, 5.74) is -0.131. The Balaban J connectivity index is 1.68. The van der Waals surface area contributed by atoms with Crippen molar-refractivity contribution in [2.24, 2.45) is 11.8 Å². The van der Waals surface area contributed by atoms with Crippen molar-refractivity contribution in [3.8, 4) is 0 Å². The Morgan fingerprint density at radius 2 is 2.21 bits per heavy atom. The fraction of sp³-hybridized carbons (Fsp3) is 0.933. The predicted molar refractivity (Wildman–Crippen MR) is 76.0 cm³/mol. The number of carbonyl (C=O) groups is 1. The van der Waals surface area contributed by atoms with Crippen LogP contribution >= 0.6 is 0 Å². The minimum absolute atomic E-state index is 0.131. The average molecular weight is 268 g/mol. The molecule has 0 aromatic heterocycles. The van der Waals surface area contributed by atoms with Crippen LogP contribution in [0.4, 0.5) is 0 Å². The summed E-state index contributed by atoms with van der Waals surface area (Å²) in [5, 5.41) is 6.43. The van der Waals surface area contributed by atoms with E-state index in [9.17, 15) is 4.79 Å². The van der Waals surface area contributed by atoms with Crippen molar-refractivity contribution < 1.29 is 9.53 Å². The molecular formula is C15H28N2O2. The average Bonchev–Trinajstić information content (AvgIpc) is 2.85. The quantitative estimate of drug-likeness (QED) is 0.798. The summed E-state index contributed by atoms with van der Waals surface area (Å²) in [6.07, 6.45) is 5.22. The van der Waals surface area contributed by atoms with Gasteiger partial charge in [-0.1, -0.05) is 6.92 Å². The van der Waals surface area contributed by atoms with Gasteiger partial charge in [0.2, 0.25) is 5.91 Å². The smallest absolute Gasteiger partial charge is 0.220 e. The molecule has 1 amide bonds. The summed E-state index contributed by atoms with van der Waals surface area (Å²) < 4.78 is 5.69. The lowest BCUT2D eigenvalue weighted by Crippen LogP contribution is -2.41. The molecule has 19 heavy (non-hydrogen) atoms. The summed E-state index contributed by atoms with van der Waals surface area (Å²) in [6, 6.07) is 0. The molecule has 2 saturated heterocycles. The first-order valence-corrected chi connectivity index (χ1v) is 7.70. The van der Waals surface area contributed by atoms with Gasteiger partial charge in [0.05, 0.1) is 5.60 Å². The number of rotatable bonds is 5. The van der Waals surface area contributed by atoms with Crippen molar-refractivity contribution in [1.82, 2.24) is 10.6 Å². The van der Waals surface area contributed by atoms with E-state index in [1.54, 1.807) is 0 Å². The Hall–Kier alpha value is -0.610. The van der Waals surface area contributed by atoms with Gasteiger partial charge in [-0.3, -0.25) is 4.79 Å². The molecule has 0 saturated carbocycles. The van der Waals surface area contributed by atoms with Gasteiger partial charge in [0.25, 0.3) is 0 Å². The molecule has 2 N–H and O–H groups in total. The molecule has 2 aliphatic rings. The Morgan fingerprint density at radius 3 is 2.84 bits per heavy atom. The lowest BCUT2D eigenvalue weighted by molar-refractivity contribution is -0.123. The van der Waals surface area contributed by atoms with Crippen molar-refractivity contribution in [1.29, 1.82) is 0 Å². The standard InChI is InChI=1S/C15H28N2O2/c1-12(13-4-7-16-8-5-13)10-14(18)17-11-15(2)6-3-9-19-15/h12-13,16H,3-11H2,1-2H3,(H,17,18). The van der Waals surface area contributed by atoms with Gasteiger partial charge >= 0.3 is 0 Å². The molecule has 4 nitrogen and oxygen atoms in total. The molecule has 2 rings (SSSR count). The Morgan fingerprint density at radius 1 is 1.47 bits per heavy atom. The Bertz CT molecular complexity index is 295. The van der Waals surface area contributed by atoms with Crippen molar-refractivity contribution >= 4 is 5.91 Å². The highest BCUT2D eigenvalue weighted by molar-refractivity contribution is 5.76. The minimum atomic E-state index is -0.131. The van der Waals surface area contributed by atoms with Gasteiger partial charge in [-0.05, 0) is 57.5 Å². The molecule has 110 valence electrons. The molecule has 2 heterocycles. The summed E-state index contributed by atoms with van der Waals surface area (Å²) in [4.78, 5) is 12.0. The van der Waals surface area contributed by atoms with Gasteiger partial charge in [0.15, 0.2) is 0 Å². The van der Waals surface area contributed by atoms with E-state index < -0.39 is 0 Å². The Kier molecular flexibility index (Phi) is 5.22. The first-order chi connectivity index (χ1) is 9.09. The first-order valence-electron chi connectivity index (χ1n) is 7.70.